The summed E-state index contributed by atoms with van der Waals surface area (Å²) in [7, 11) is 0. The summed E-state index contributed by atoms with van der Waals surface area (Å²) in [6.45, 7) is 6.98. The number of aliphatic hydroxyl groups is 1. The van der Waals surface area contributed by atoms with Crippen molar-refractivity contribution in [3.05, 3.63) is 35.6 Å². The first-order valence-electron chi connectivity index (χ1n) is 9.69. The fraction of sp³-hybridized carbons (Fsp3) is 0.650. The van der Waals surface area contributed by atoms with Crippen molar-refractivity contribution < 1.29 is 14.2 Å². The predicted molar refractivity (Wildman–Crippen MR) is 101 cm³/mol. The molecule has 6 heteroatoms. The number of guanidine groups is 1. The van der Waals surface area contributed by atoms with Gasteiger partial charge in [-0.1, -0.05) is 18.6 Å². The summed E-state index contributed by atoms with van der Waals surface area (Å²) < 4.78 is 19.3. The molecule has 4 unspecified atom stereocenters. The Balaban J connectivity index is 1.71. The fourth-order valence-corrected chi connectivity index (χ4v) is 3.85. The zero-order chi connectivity index (χ0) is 18.5. The van der Waals surface area contributed by atoms with Crippen LogP contribution in [-0.2, 0) is 4.74 Å². The summed E-state index contributed by atoms with van der Waals surface area (Å²) in [5, 5.41) is 13.4. The molecular weight excluding hydrogens is 333 g/mol. The molecular formula is C20H30FN3O2. The van der Waals surface area contributed by atoms with E-state index in [0.717, 1.165) is 43.9 Å². The number of nitrogens with zero attached hydrogens (tertiary/aromatic N) is 2. The molecule has 2 fully saturated rings. The van der Waals surface area contributed by atoms with Crippen LogP contribution >= 0.6 is 0 Å². The minimum Gasteiger partial charge on any atom is -0.393 e. The number of aliphatic hydroxyl groups excluding tert-OH is 1. The Labute approximate surface area is 155 Å². The van der Waals surface area contributed by atoms with Gasteiger partial charge in [-0.25, -0.2) is 4.39 Å². The van der Waals surface area contributed by atoms with Gasteiger partial charge in [-0.2, -0.15) is 0 Å². The average Bonchev–Trinajstić information content (AvgIpc) is 3.03. The Hall–Kier alpha value is -1.66. The van der Waals surface area contributed by atoms with Gasteiger partial charge in [0.1, 0.15) is 11.9 Å². The highest BCUT2D eigenvalue weighted by molar-refractivity contribution is 5.80. The van der Waals surface area contributed by atoms with Crippen LogP contribution in [0.15, 0.2) is 29.3 Å². The number of hydrogen-bond acceptors (Lipinski definition) is 3. The van der Waals surface area contributed by atoms with Crippen LogP contribution in [0.1, 0.15) is 44.8 Å². The third-order valence-electron chi connectivity index (χ3n) is 5.23. The van der Waals surface area contributed by atoms with Crippen LogP contribution in [0.4, 0.5) is 4.39 Å². The largest absolute Gasteiger partial charge is 0.393 e. The standard InChI is InChI=1S/C20H30FN3O2/c1-3-22-20(23-11-16-5-4-6-18(16)25)24-12-14(2)26-19(13-24)15-7-9-17(21)10-8-15/h7-10,14,16,18-19,25H,3-6,11-13H2,1-2H3,(H,22,23). The lowest BCUT2D eigenvalue weighted by molar-refractivity contribution is -0.0605. The molecule has 1 aliphatic carbocycles. The Bertz CT molecular complexity index is 608. The van der Waals surface area contributed by atoms with Crippen LogP contribution < -0.4 is 5.32 Å². The molecule has 1 saturated heterocycles. The molecule has 1 aromatic carbocycles. The molecule has 1 aliphatic heterocycles. The first kappa shape index (κ1) is 19.1. The van der Waals surface area contributed by atoms with Gasteiger partial charge in [0.15, 0.2) is 5.96 Å². The van der Waals surface area contributed by atoms with Gasteiger partial charge in [0.25, 0.3) is 0 Å². The molecule has 0 amide bonds. The second-order valence-electron chi connectivity index (χ2n) is 7.34. The summed E-state index contributed by atoms with van der Waals surface area (Å²) >= 11 is 0. The van der Waals surface area contributed by atoms with Crippen molar-refractivity contribution in [1.29, 1.82) is 0 Å². The van der Waals surface area contributed by atoms with E-state index in [1.807, 2.05) is 6.92 Å². The molecule has 2 aliphatic rings. The molecule has 144 valence electrons. The molecule has 1 saturated carbocycles. The molecule has 0 spiro atoms. The summed E-state index contributed by atoms with van der Waals surface area (Å²) in [5.74, 6) is 0.892. The molecule has 1 aromatic rings. The SMILES string of the molecule is CCNC(=NCC1CCCC1O)N1CC(C)OC(c2ccc(F)cc2)C1. The second-order valence-corrected chi connectivity index (χ2v) is 7.34. The Morgan fingerprint density at radius 2 is 2.08 bits per heavy atom. The van der Waals surface area contributed by atoms with Crippen LogP contribution in [0.25, 0.3) is 0 Å². The van der Waals surface area contributed by atoms with Crippen molar-refractivity contribution in [3.63, 3.8) is 0 Å². The van der Waals surface area contributed by atoms with Crippen molar-refractivity contribution in [3.8, 4) is 0 Å². The fourth-order valence-electron chi connectivity index (χ4n) is 3.85. The third-order valence-corrected chi connectivity index (χ3v) is 5.23. The molecule has 4 atom stereocenters. The zero-order valence-corrected chi connectivity index (χ0v) is 15.7. The predicted octanol–water partition coefficient (Wildman–Crippen LogP) is 2.71. The van der Waals surface area contributed by atoms with Crippen LogP contribution in [0.3, 0.4) is 0 Å². The van der Waals surface area contributed by atoms with E-state index in [1.54, 1.807) is 12.1 Å². The lowest BCUT2D eigenvalue weighted by Crippen LogP contribution is -2.51. The molecule has 5 nitrogen and oxygen atoms in total. The number of hydrogen-bond donors (Lipinski definition) is 2. The first-order valence-corrected chi connectivity index (χ1v) is 9.69. The van der Waals surface area contributed by atoms with Gasteiger partial charge in [0.05, 0.1) is 18.8 Å². The molecule has 0 radical (unpaired) electrons. The van der Waals surface area contributed by atoms with E-state index < -0.39 is 0 Å². The molecule has 0 bridgehead atoms. The van der Waals surface area contributed by atoms with E-state index >= 15 is 0 Å². The number of nitrogens with one attached hydrogen (secondary N) is 1. The van der Waals surface area contributed by atoms with Gasteiger partial charge in [0.2, 0.25) is 0 Å². The number of morpholine rings is 1. The maximum atomic E-state index is 13.2. The van der Waals surface area contributed by atoms with Gasteiger partial charge < -0.3 is 20.1 Å². The minimum absolute atomic E-state index is 0.0553. The number of rotatable bonds is 4. The molecule has 0 aromatic heterocycles. The van der Waals surface area contributed by atoms with Crippen LogP contribution in [-0.4, -0.2) is 54.4 Å². The number of ether oxygens (including phenoxy) is 1. The molecule has 3 rings (SSSR count). The van der Waals surface area contributed by atoms with E-state index in [9.17, 15) is 9.50 Å². The Morgan fingerprint density at radius 1 is 1.31 bits per heavy atom. The van der Waals surface area contributed by atoms with Crippen molar-refractivity contribution in [2.75, 3.05) is 26.2 Å². The summed E-state index contributed by atoms with van der Waals surface area (Å²) in [4.78, 5) is 7.02. The van der Waals surface area contributed by atoms with Crippen molar-refractivity contribution in [2.45, 2.75) is 51.4 Å². The quantitative estimate of drug-likeness (QED) is 0.638. The van der Waals surface area contributed by atoms with Gasteiger partial charge in [0, 0.05) is 25.6 Å². The highest BCUT2D eigenvalue weighted by Crippen LogP contribution is 2.27. The van der Waals surface area contributed by atoms with E-state index in [4.69, 9.17) is 9.73 Å². The van der Waals surface area contributed by atoms with Crippen LogP contribution in [0, 0.1) is 11.7 Å². The Kier molecular flexibility index (Phi) is 6.48. The zero-order valence-electron chi connectivity index (χ0n) is 15.7. The number of aliphatic imine (C=N–C) groups is 1. The average molecular weight is 363 g/mol. The maximum absolute atomic E-state index is 13.2. The van der Waals surface area contributed by atoms with Gasteiger partial charge in [-0.15, -0.1) is 0 Å². The van der Waals surface area contributed by atoms with Crippen molar-refractivity contribution in [1.82, 2.24) is 10.2 Å². The molecule has 26 heavy (non-hydrogen) atoms. The highest BCUT2D eigenvalue weighted by Gasteiger charge is 2.29. The summed E-state index contributed by atoms with van der Waals surface area (Å²) in [5.41, 5.74) is 0.977. The van der Waals surface area contributed by atoms with Gasteiger partial charge in [-0.3, -0.25) is 4.99 Å². The van der Waals surface area contributed by atoms with Crippen molar-refractivity contribution >= 4 is 5.96 Å². The van der Waals surface area contributed by atoms with E-state index in [-0.39, 0.29) is 30.0 Å². The van der Waals surface area contributed by atoms with Gasteiger partial charge >= 0.3 is 0 Å². The minimum atomic E-state index is -0.237. The van der Waals surface area contributed by atoms with Gasteiger partial charge in [-0.05, 0) is 44.4 Å². The van der Waals surface area contributed by atoms with Crippen LogP contribution in [0.2, 0.25) is 0 Å². The lowest BCUT2D eigenvalue weighted by Gasteiger charge is -2.39. The summed E-state index contributed by atoms with van der Waals surface area (Å²) in [6, 6.07) is 6.52. The normalized spacial score (nSPS) is 29.8. The first-order chi connectivity index (χ1) is 12.6. The smallest absolute Gasteiger partial charge is 0.194 e. The van der Waals surface area contributed by atoms with Crippen molar-refractivity contribution in [2.24, 2.45) is 10.9 Å². The van der Waals surface area contributed by atoms with E-state index in [2.05, 4.69) is 17.1 Å². The highest BCUT2D eigenvalue weighted by atomic mass is 19.1. The summed E-state index contributed by atoms with van der Waals surface area (Å²) in [6.07, 6.45) is 2.73. The second kappa shape index (κ2) is 8.82. The van der Waals surface area contributed by atoms with E-state index in [0.29, 0.717) is 13.1 Å². The number of halogens is 1. The molecule has 1 heterocycles. The maximum Gasteiger partial charge on any atom is 0.194 e. The monoisotopic (exact) mass is 363 g/mol. The Morgan fingerprint density at radius 3 is 2.73 bits per heavy atom. The van der Waals surface area contributed by atoms with E-state index in [1.165, 1.54) is 12.1 Å². The number of benzene rings is 1. The molecule has 2 N–H and O–H groups in total. The lowest BCUT2D eigenvalue weighted by atomic mass is 10.1. The third kappa shape index (κ3) is 4.74. The van der Waals surface area contributed by atoms with Crippen LogP contribution in [0.5, 0.6) is 0 Å². The topological polar surface area (TPSA) is 57.1 Å².